The van der Waals surface area contributed by atoms with Crippen LogP contribution in [0.5, 0.6) is 0 Å². The highest BCUT2D eigenvalue weighted by molar-refractivity contribution is 7.15. The molecule has 98 heavy (non-hydrogen) atoms. The molecule has 0 fully saturated rings. The molecule has 0 aliphatic heterocycles. The minimum absolute atomic E-state index is 0.0111. The number of pyridine rings is 3. The first-order valence-corrected chi connectivity index (χ1v) is 32.9. The number of benzene rings is 3. The van der Waals surface area contributed by atoms with Gasteiger partial charge in [0, 0.05) is 95.5 Å². The average molecular weight is 1420 g/mol. The van der Waals surface area contributed by atoms with E-state index in [1.807, 2.05) is 6.07 Å². The summed E-state index contributed by atoms with van der Waals surface area (Å²) in [6.07, 6.45) is 9.48. The number of halogens is 5. The van der Waals surface area contributed by atoms with Crippen LogP contribution < -0.4 is 16.7 Å². The van der Waals surface area contributed by atoms with Crippen LogP contribution in [0.3, 0.4) is 0 Å². The van der Waals surface area contributed by atoms with Crippen molar-refractivity contribution < 1.29 is 22.0 Å². The molecule has 0 saturated carbocycles. The molecule has 0 N–H and O–H groups in total. The number of aryl methyl sites for hydroxylation is 1. The molecule has 12 aromatic heterocycles. The second kappa shape index (κ2) is 26.8. The zero-order valence-electron chi connectivity index (χ0n) is 50.2. The molecule has 0 aliphatic carbocycles. The largest absolute Gasteiger partial charge is 0.434 e. The highest BCUT2D eigenvalue weighted by atomic mass is 35.5. The van der Waals surface area contributed by atoms with Crippen LogP contribution in [0, 0.1) is 18.6 Å². The van der Waals surface area contributed by atoms with E-state index in [-0.39, 0.29) is 84.0 Å². The molecule has 482 valence electrons. The lowest BCUT2D eigenvalue weighted by Crippen LogP contribution is -2.22. The van der Waals surface area contributed by atoms with Gasteiger partial charge in [0.2, 0.25) is 17.7 Å². The molecule has 15 rings (SSSR count). The Morgan fingerprint density at radius 1 is 0.429 bits per heavy atom. The Kier molecular flexibility index (Phi) is 17.2. The van der Waals surface area contributed by atoms with Gasteiger partial charge in [-0.05, 0) is 115 Å². The summed E-state index contributed by atoms with van der Waals surface area (Å²) in [5.41, 5.74) is 5.23. The Morgan fingerprint density at radius 2 is 0.898 bits per heavy atom. The van der Waals surface area contributed by atoms with Crippen LogP contribution in [0.25, 0.3) is 100 Å². The molecule has 0 spiro atoms. The molecule has 0 amide bonds. The van der Waals surface area contributed by atoms with Crippen LogP contribution >= 0.6 is 68.8 Å². The fourth-order valence-corrected chi connectivity index (χ4v) is 13.3. The van der Waals surface area contributed by atoms with Crippen molar-refractivity contribution in [2.75, 3.05) is 0 Å². The van der Waals surface area contributed by atoms with E-state index in [0.29, 0.717) is 113 Å². The summed E-state index contributed by atoms with van der Waals surface area (Å²) in [4.78, 5) is 67.2. The van der Waals surface area contributed by atoms with Gasteiger partial charge in [-0.25, -0.2) is 37.8 Å². The Hall–Kier alpha value is -11.2. The molecule has 32 heteroatoms. The zero-order chi connectivity index (χ0) is 67.1. The normalized spacial score (nSPS) is 11.5. The molecule has 0 bridgehead atoms. The first-order valence-electron chi connectivity index (χ1n) is 29.3. The van der Waals surface area contributed by atoms with Crippen molar-refractivity contribution in [2.24, 2.45) is 0 Å². The van der Waals surface area contributed by atoms with Gasteiger partial charge in [-0.1, -0.05) is 74.9 Å². The Balaban J connectivity index is 0.674. The molecular formula is C66H39Cl3F2N18O6S3. The lowest BCUT2D eigenvalue weighted by molar-refractivity contribution is 0.572. The van der Waals surface area contributed by atoms with Crippen molar-refractivity contribution in [1.29, 1.82) is 0 Å². The predicted octanol–water partition coefficient (Wildman–Crippen LogP) is 12.9. The maximum atomic E-state index is 16.1. The molecule has 24 nitrogen and oxygen atoms in total. The van der Waals surface area contributed by atoms with E-state index in [1.54, 1.807) is 98.3 Å². The van der Waals surface area contributed by atoms with Crippen molar-refractivity contribution in [1.82, 2.24) is 89.8 Å². The third-order valence-corrected chi connectivity index (χ3v) is 18.4. The fraction of sp³-hybridized carbons (Fsp3) is 0.0909. The summed E-state index contributed by atoms with van der Waals surface area (Å²) in [5, 5.41) is 44.2. The van der Waals surface area contributed by atoms with Crippen molar-refractivity contribution in [3.05, 3.63) is 260 Å². The minimum Gasteiger partial charge on any atom is -0.434 e. The van der Waals surface area contributed by atoms with E-state index >= 15 is 4.39 Å². The summed E-state index contributed by atoms with van der Waals surface area (Å²) in [7, 11) is 0. The molecule has 0 unspecified atom stereocenters. The summed E-state index contributed by atoms with van der Waals surface area (Å²) >= 11 is 22.6. The Labute approximate surface area is 576 Å². The van der Waals surface area contributed by atoms with E-state index in [1.165, 1.54) is 109 Å². The second-order valence-electron chi connectivity index (χ2n) is 21.7. The highest BCUT2D eigenvalue weighted by Gasteiger charge is 2.25. The van der Waals surface area contributed by atoms with E-state index in [4.69, 9.17) is 63.1 Å². The molecule has 0 atom stereocenters. The number of hydrogen-bond donors (Lipinski definition) is 0. The maximum Gasteiger partial charge on any atom is 0.267 e. The minimum atomic E-state index is -0.561. The molecule has 15 aromatic rings. The van der Waals surface area contributed by atoms with Crippen molar-refractivity contribution in [2.45, 2.75) is 39.4 Å². The average Bonchev–Trinajstić information content (AvgIpc) is 1.63. The van der Waals surface area contributed by atoms with Gasteiger partial charge in [-0.2, -0.15) is 15.3 Å². The summed E-state index contributed by atoms with van der Waals surface area (Å²) in [5.74, 6) is 0.483. The first kappa shape index (κ1) is 62.9. The smallest absolute Gasteiger partial charge is 0.267 e. The molecular weight excluding hydrogens is 1380 g/mol. The monoisotopic (exact) mass is 1420 g/mol. The lowest BCUT2D eigenvalue weighted by atomic mass is 10.0. The van der Waals surface area contributed by atoms with Gasteiger partial charge in [-0.3, -0.25) is 29.3 Å². The van der Waals surface area contributed by atoms with Gasteiger partial charge in [0.25, 0.3) is 16.7 Å². The number of rotatable bonds is 19. The van der Waals surface area contributed by atoms with Crippen molar-refractivity contribution in [3.8, 4) is 100 Å². The van der Waals surface area contributed by atoms with E-state index < -0.39 is 22.8 Å². The highest BCUT2D eigenvalue weighted by Crippen LogP contribution is 2.37. The number of aromatic nitrogens is 18. The standard InChI is InChI=1S/C66H39Cl3F2N18O6S3/c1-33-58(93-62(75-33)39-21-43(68)28-73-25-39)47-11-14-55(90)87(84-47)32-54-80-83-66(98-54)41-17-34(24-72-27-41)18-50-59(94-61(76-50)36-3-2-4-42(67)20-36)48-12-15-56(91)89(85-48)31-53-79-82-65(97-53)37-7-10-46(71)38(19-37)23-51-60(95-63(77-51)40-22-44(69)29-74-26-40)49-13-16-57(92)88(86-49)30-52-78-81-64(96-52)35-5-8-45(70)9-6-35/h2-17,19-22,24-29H,18,23,30-32H2,1H3. The van der Waals surface area contributed by atoms with Crippen LogP contribution in [0.1, 0.15) is 43.2 Å². The third kappa shape index (κ3) is 13.5. The van der Waals surface area contributed by atoms with Crippen molar-refractivity contribution >= 4 is 68.8 Å². The zero-order valence-corrected chi connectivity index (χ0v) is 54.9. The van der Waals surface area contributed by atoms with Crippen LogP contribution in [0.4, 0.5) is 8.78 Å². The lowest BCUT2D eigenvalue weighted by Gasteiger charge is -2.07. The fourth-order valence-electron chi connectivity index (χ4n) is 10.3. The van der Waals surface area contributed by atoms with Gasteiger partial charge in [0.15, 0.2) is 17.3 Å². The quantitative estimate of drug-likeness (QED) is 0.0726. The van der Waals surface area contributed by atoms with Gasteiger partial charge in [-0.15, -0.1) is 30.6 Å². The maximum absolute atomic E-state index is 16.1. The summed E-state index contributed by atoms with van der Waals surface area (Å²) < 4.78 is 52.4. The third-order valence-electron chi connectivity index (χ3n) is 14.9. The van der Waals surface area contributed by atoms with Gasteiger partial charge >= 0.3 is 0 Å². The Morgan fingerprint density at radius 3 is 1.46 bits per heavy atom. The number of nitrogens with zero attached hydrogens (tertiary/aromatic N) is 18. The SMILES string of the molecule is Cc1nc(-c2cncc(Cl)c2)oc1-c1ccc(=O)n(Cc2nnc(-c3cncc(Cc4nc(-c5cccc(Cl)c5)oc4-c4ccc(=O)n(Cc5nnc(-c6ccc(F)c(Cc7nc(-c8cncc(Cl)c8)oc7-c7ccc(=O)n(Cc8nnc(-c9ccc(F)cc9)s8)n7)c6)s5)n4)c3)s2)n1. The second-order valence-corrected chi connectivity index (χ2v) is 26.2. The summed E-state index contributed by atoms with van der Waals surface area (Å²) in [6, 6.07) is 31.2. The van der Waals surface area contributed by atoms with Crippen LogP contribution in [0.2, 0.25) is 15.1 Å². The number of oxazole rings is 3. The van der Waals surface area contributed by atoms with E-state index in [0.717, 1.165) is 0 Å². The Bertz CT molecular complexity index is 5750. The van der Waals surface area contributed by atoms with Crippen molar-refractivity contribution in [3.63, 3.8) is 0 Å². The van der Waals surface area contributed by atoms with Crippen LogP contribution in [-0.2, 0) is 32.5 Å². The van der Waals surface area contributed by atoms with Gasteiger partial charge in [0.1, 0.15) is 58.8 Å². The summed E-state index contributed by atoms with van der Waals surface area (Å²) in [6.45, 7) is 1.63. The topological polar surface area (TPSA) is 299 Å². The van der Waals surface area contributed by atoms with Crippen LogP contribution in [0.15, 0.2) is 186 Å². The number of hydrogen-bond acceptors (Lipinski definition) is 24. The molecule has 0 aliphatic rings. The molecule has 0 saturated heterocycles. The molecule has 3 aromatic carbocycles. The van der Waals surface area contributed by atoms with Gasteiger partial charge < -0.3 is 13.3 Å². The van der Waals surface area contributed by atoms with E-state index in [2.05, 4.69) is 60.7 Å². The van der Waals surface area contributed by atoms with Crippen LogP contribution in [-0.4, -0.2) is 89.8 Å². The van der Waals surface area contributed by atoms with Gasteiger partial charge in [0.05, 0.1) is 57.9 Å². The molecule has 12 heterocycles. The first-order chi connectivity index (χ1) is 47.6. The molecule has 0 radical (unpaired) electrons. The van der Waals surface area contributed by atoms with E-state index in [9.17, 15) is 18.8 Å². The predicted molar refractivity (Wildman–Crippen MR) is 360 cm³/mol.